The number of ether oxygens (including phenoxy) is 2. The Morgan fingerprint density at radius 2 is 1.59 bits per heavy atom. The van der Waals surface area contributed by atoms with Crippen LogP contribution in [0.3, 0.4) is 0 Å². The summed E-state index contributed by atoms with van der Waals surface area (Å²) in [6.45, 7) is 9.61. The van der Waals surface area contributed by atoms with Crippen LogP contribution in [0.4, 0.5) is 26.3 Å². The summed E-state index contributed by atoms with van der Waals surface area (Å²) >= 11 is 0. The zero-order valence-corrected chi connectivity index (χ0v) is 23.1. The molecule has 3 aliphatic rings. The van der Waals surface area contributed by atoms with Gasteiger partial charge in [-0.05, 0) is 50.1 Å². The number of carbonyl (C=O) groups is 2. The first-order chi connectivity index (χ1) is 19.1. The van der Waals surface area contributed by atoms with Crippen molar-refractivity contribution in [1.29, 1.82) is 0 Å². The quantitative estimate of drug-likeness (QED) is 0.410. The lowest BCUT2D eigenvalue weighted by Crippen LogP contribution is -2.45. The van der Waals surface area contributed by atoms with Gasteiger partial charge in [-0.15, -0.1) is 0 Å². The van der Waals surface area contributed by atoms with Gasteiger partial charge in [0.2, 0.25) is 0 Å². The standard InChI is InChI=1S/C21H36N4O2.2C2HF3O2/c1-23-12-19(11-22-23)13-24-7-5-21(6-8-24)17-25(9-10-26-2)14-20(21)16-27-15-18-3-4-18;2*3-2(4,5)1(6)7/h11-12,18,20H,3-10,13-17H2,1-2H3;2*(H,6,7). The van der Waals surface area contributed by atoms with Crippen LogP contribution < -0.4 is 0 Å². The van der Waals surface area contributed by atoms with Crippen LogP contribution >= 0.6 is 0 Å². The fourth-order valence-electron chi connectivity index (χ4n) is 4.96. The van der Waals surface area contributed by atoms with E-state index in [2.05, 4.69) is 21.1 Å². The van der Waals surface area contributed by atoms with Crippen LogP contribution in [0.25, 0.3) is 0 Å². The van der Waals surface area contributed by atoms with Crippen molar-refractivity contribution in [1.82, 2.24) is 19.6 Å². The number of aliphatic carboxylic acids is 2. The number of halogens is 6. The Bertz CT molecular complexity index is 937. The molecule has 1 spiro atoms. The second kappa shape index (κ2) is 15.2. The molecule has 2 N–H and O–H groups in total. The van der Waals surface area contributed by atoms with Gasteiger partial charge >= 0.3 is 24.3 Å². The summed E-state index contributed by atoms with van der Waals surface area (Å²) in [6.07, 6.45) is -0.706. The van der Waals surface area contributed by atoms with E-state index in [4.69, 9.17) is 29.3 Å². The number of alkyl halides is 6. The van der Waals surface area contributed by atoms with Gasteiger partial charge < -0.3 is 24.6 Å². The average Bonchev–Trinajstić information content (AvgIpc) is 3.52. The summed E-state index contributed by atoms with van der Waals surface area (Å²) in [5, 5.41) is 18.6. The van der Waals surface area contributed by atoms with Crippen LogP contribution in [0.1, 0.15) is 31.2 Å². The highest BCUT2D eigenvalue weighted by Gasteiger charge is 2.48. The van der Waals surface area contributed by atoms with E-state index < -0.39 is 24.3 Å². The maximum absolute atomic E-state index is 10.6. The van der Waals surface area contributed by atoms with Crippen LogP contribution in [0.2, 0.25) is 0 Å². The number of hydrogen-bond donors (Lipinski definition) is 2. The van der Waals surface area contributed by atoms with Crippen LogP contribution in [0, 0.1) is 17.3 Å². The lowest BCUT2D eigenvalue weighted by Gasteiger charge is -2.42. The number of aromatic nitrogens is 2. The Morgan fingerprint density at radius 3 is 2.02 bits per heavy atom. The summed E-state index contributed by atoms with van der Waals surface area (Å²) < 4.78 is 76.9. The van der Waals surface area contributed by atoms with Gasteiger partial charge in [-0.25, -0.2) is 9.59 Å². The van der Waals surface area contributed by atoms with Crippen molar-refractivity contribution >= 4 is 11.9 Å². The molecule has 16 heteroatoms. The van der Waals surface area contributed by atoms with E-state index in [1.54, 1.807) is 7.11 Å². The molecule has 0 radical (unpaired) electrons. The van der Waals surface area contributed by atoms with E-state index in [9.17, 15) is 26.3 Å². The number of hydrogen-bond acceptors (Lipinski definition) is 7. The summed E-state index contributed by atoms with van der Waals surface area (Å²) in [4.78, 5) is 23.0. The summed E-state index contributed by atoms with van der Waals surface area (Å²) in [7, 11) is 3.80. The van der Waals surface area contributed by atoms with E-state index in [0.717, 1.165) is 38.8 Å². The Kier molecular flexibility index (Phi) is 12.9. The third-order valence-electron chi connectivity index (χ3n) is 7.37. The minimum Gasteiger partial charge on any atom is -0.475 e. The lowest BCUT2D eigenvalue weighted by molar-refractivity contribution is -0.193. The Morgan fingerprint density at radius 1 is 1.02 bits per heavy atom. The molecule has 1 atom stereocenters. The SMILES string of the molecule is COCCN1CC(COCC2CC2)C2(CCN(Cc3cnn(C)c3)CC2)C1.O=C(O)C(F)(F)F.O=C(O)C(F)(F)F. The molecule has 1 saturated carbocycles. The maximum atomic E-state index is 10.6. The molecule has 1 aromatic heterocycles. The Hall–Kier alpha value is -2.43. The normalized spacial score (nSPS) is 21.1. The van der Waals surface area contributed by atoms with Crippen LogP contribution in [0.15, 0.2) is 12.4 Å². The van der Waals surface area contributed by atoms with E-state index in [1.165, 1.54) is 57.4 Å². The highest BCUT2D eigenvalue weighted by molar-refractivity contribution is 5.73. The lowest BCUT2D eigenvalue weighted by atomic mass is 9.71. The molecular formula is C25H38F6N4O6. The van der Waals surface area contributed by atoms with Gasteiger partial charge in [0.15, 0.2) is 0 Å². The number of aryl methyl sites for hydroxylation is 1. The van der Waals surface area contributed by atoms with Gasteiger partial charge in [0.1, 0.15) is 0 Å². The Balaban J connectivity index is 0.000000349. The molecule has 236 valence electrons. The third kappa shape index (κ3) is 12.1. The van der Waals surface area contributed by atoms with E-state index >= 15 is 0 Å². The van der Waals surface area contributed by atoms with Gasteiger partial charge in [0.25, 0.3) is 0 Å². The van der Waals surface area contributed by atoms with Crippen LogP contribution in [-0.2, 0) is 32.7 Å². The maximum Gasteiger partial charge on any atom is 0.490 e. The molecular weight excluding hydrogens is 566 g/mol. The van der Waals surface area contributed by atoms with Crippen molar-refractivity contribution in [2.75, 3.05) is 59.7 Å². The number of nitrogens with zero attached hydrogens (tertiary/aromatic N) is 4. The van der Waals surface area contributed by atoms with Crippen LogP contribution in [-0.4, -0.2) is 114 Å². The van der Waals surface area contributed by atoms with Gasteiger partial charge in [0, 0.05) is 64.6 Å². The minimum atomic E-state index is -5.08. The van der Waals surface area contributed by atoms with Crippen molar-refractivity contribution in [2.24, 2.45) is 24.3 Å². The number of likely N-dealkylation sites (tertiary alicyclic amines) is 2. The largest absolute Gasteiger partial charge is 0.490 e. The van der Waals surface area contributed by atoms with Crippen molar-refractivity contribution < 1.29 is 55.6 Å². The topological polar surface area (TPSA) is 117 Å². The molecule has 2 saturated heterocycles. The third-order valence-corrected chi connectivity index (χ3v) is 7.37. The molecule has 3 heterocycles. The molecule has 10 nitrogen and oxygen atoms in total. The number of piperidine rings is 1. The number of rotatable bonds is 9. The minimum absolute atomic E-state index is 0.433. The molecule has 1 aliphatic carbocycles. The van der Waals surface area contributed by atoms with E-state index in [1.807, 2.05) is 17.9 Å². The first-order valence-electron chi connectivity index (χ1n) is 13.1. The zero-order valence-electron chi connectivity index (χ0n) is 23.1. The second-order valence-corrected chi connectivity index (χ2v) is 10.7. The van der Waals surface area contributed by atoms with Crippen molar-refractivity contribution in [2.45, 2.75) is 44.6 Å². The molecule has 1 aromatic rings. The highest BCUT2D eigenvalue weighted by atomic mass is 19.4. The number of methoxy groups -OCH3 is 1. The fraction of sp³-hybridized carbons (Fsp3) is 0.800. The highest BCUT2D eigenvalue weighted by Crippen LogP contribution is 2.45. The molecule has 2 aliphatic heterocycles. The van der Waals surface area contributed by atoms with Crippen molar-refractivity contribution in [3.8, 4) is 0 Å². The van der Waals surface area contributed by atoms with Gasteiger partial charge in [-0.2, -0.15) is 31.4 Å². The monoisotopic (exact) mass is 604 g/mol. The van der Waals surface area contributed by atoms with Crippen molar-refractivity contribution in [3.05, 3.63) is 18.0 Å². The van der Waals surface area contributed by atoms with Gasteiger partial charge in [-0.3, -0.25) is 9.58 Å². The smallest absolute Gasteiger partial charge is 0.475 e. The van der Waals surface area contributed by atoms with Gasteiger partial charge in [0.05, 0.1) is 19.4 Å². The summed E-state index contributed by atoms with van der Waals surface area (Å²) in [5.41, 5.74) is 1.76. The molecule has 3 fully saturated rings. The molecule has 0 amide bonds. The fourth-order valence-corrected chi connectivity index (χ4v) is 4.96. The number of carboxylic acids is 2. The summed E-state index contributed by atoms with van der Waals surface area (Å²) in [5.74, 6) is -3.98. The predicted octanol–water partition coefficient (Wildman–Crippen LogP) is 3.27. The molecule has 41 heavy (non-hydrogen) atoms. The molecule has 1 unspecified atom stereocenters. The van der Waals surface area contributed by atoms with E-state index in [0.29, 0.717) is 11.3 Å². The second-order valence-electron chi connectivity index (χ2n) is 10.7. The van der Waals surface area contributed by atoms with Crippen LogP contribution in [0.5, 0.6) is 0 Å². The zero-order chi connectivity index (χ0) is 30.8. The van der Waals surface area contributed by atoms with Crippen molar-refractivity contribution in [3.63, 3.8) is 0 Å². The molecule has 0 aromatic carbocycles. The van der Waals surface area contributed by atoms with E-state index in [-0.39, 0.29) is 0 Å². The first-order valence-corrected chi connectivity index (χ1v) is 13.1. The number of carboxylic acid groups (broad SMARTS) is 2. The molecule has 0 bridgehead atoms. The Labute approximate surface area is 234 Å². The van der Waals surface area contributed by atoms with Gasteiger partial charge in [-0.1, -0.05) is 0 Å². The summed E-state index contributed by atoms with van der Waals surface area (Å²) in [6, 6.07) is 0. The average molecular weight is 605 g/mol. The predicted molar refractivity (Wildman–Crippen MR) is 133 cm³/mol. The first kappa shape index (κ1) is 34.8. The molecule has 4 rings (SSSR count).